The van der Waals surface area contributed by atoms with Crippen LogP contribution in [0.2, 0.25) is 0 Å². The van der Waals surface area contributed by atoms with Crippen LogP contribution in [0.1, 0.15) is 21.5 Å². The van der Waals surface area contributed by atoms with Crippen LogP contribution in [0.3, 0.4) is 0 Å². The third-order valence-electron chi connectivity index (χ3n) is 4.12. The van der Waals surface area contributed by atoms with Crippen LogP contribution in [-0.2, 0) is 0 Å². The average molecular weight is 292 g/mol. The summed E-state index contributed by atoms with van der Waals surface area (Å²) in [4.78, 5) is 12.6. The first-order chi connectivity index (χ1) is 10.5. The first kappa shape index (κ1) is 12.7. The van der Waals surface area contributed by atoms with Gasteiger partial charge in [-0.3, -0.25) is 4.79 Å². The Morgan fingerprint density at radius 2 is 1.64 bits per heavy atom. The molecule has 0 bridgehead atoms. The summed E-state index contributed by atoms with van der Waals surface area (Å²) in [6, 6.07) is 9.86. The lowest BCUT2D eigenvalue weighted by Crippen LogP contribution is -1.96. The zero-order valence-corrected chi connectivity index (χ0v) is 11.7. The molecule has 1 aliphatic rings. The average Bonchev–Trinajstić information content (AvgIpc) is 2.72. The van der Waals surface area contributed by atoms with E-state index >= 15 is 0 Å². The van der Waals surface area contributed by atoms with Gasteiger partial charge in [0.1, 0.15) is 17.2 Å². The lowest BCUT2D eigenvalue weighted by Gasteiger charge is -2.09. The Bertz CT molecular complexity index is 986. The van der Waals surface area contributed by atoms with Gasteiger partial charge < -0.3 is 15.3 Å². The normalized spacial score (nSPS) is 12.5. The largest absolute Gasteiger partial charge is 0.507 e. The molecular weight excluding hydrogens is 280 g/mol. The van der Waals surface area contributed by atoms with E-state index < -0.39 is 0 Å². The summed E-state index contributed by atoms with van der Waals surface area (Å²) in [5.41, 5.74) is 2.20. The predicted octanol–water partition coefficient (Wildman–Crippen LogP) is 3.48. The number of phenols is 3. The molecule has 0 atom stereocenters. The number of aromatic hydroxyl groups is 3. The van der Waals surface area contributed by atoms with Crippen molar-refractivity contribution in [2.45, 2.75) is 6.92 Å². The molecule has 0 unspecified atom stereocenters. The molecule has 3 N–H and O–H groups in total. The molecule has 0 spiro atoms. The molecular formula is C18H12O4. The smallest absolute Gasteiger partial charge is 0.198 e. The number of benzene rings is 3. The minimum atomic E-state index is -0.341. The maximum atomic E-state index is 12.6. The van der Waals surface area contributed by atoms with Gasteiger partial charge in [-0.1, -0.05) is 12.1 Å². The fourth-order valence-electron chi connectivity index (χ4n) is 3.21. The van der Waals surface area contributed by atoms with Crippen molar-refractivity contribution in [2.24, 2.45) is 0 Å². The molecule has 108 valence electrons. The number of hydrogen-bond acceptors (Lipinski definition) is 4. The van der Waals surface area contributed by atoms with Gasteiger partial charge in [-0.05, 0) is 42.1 Å². The molecule has 4 nitrogen and oxygen atoms in total. The van der Waals surface area contributed by atoms with Crippen LogP contribution in [0.25, 0.3) is 21.9 Å². The summed E-state index contributed by atoms with van der Waals surface area (Å²) in [6.45, 7) is 1.79. The molecule has 0 aromatic heterocycles. The molecule has 3 aromatic carbocycles. The summed E-state index contributed by atoms with van der Waals surface area (Å²) in [7, 11) is 0. The molecule has 0 aliphatic heterocycles. The maximum Gasteiger partial charge on any atom is 0.198 e. The molecule has 1 aliphatic carbocycles. The van der Waals surface area contributed by atoms with Crippen molar-refractivity contribution in [2.75, 3.05) is 0 Å². The lowest BCUT2D eigenvalue weighted by atomic mass is 9.98. The van der Waals surface area contributed by atoms with Crippen molar-refractivity contribution in [3.63, 3.8) is 0 Å². The molecule has 0 heterocycles. The first-order valence-corrected chi connectivity index (χ1v) is 6.85. The molecule has 0 saturated heterocycles. The van der Waals surface area contributed by atoms with Gasteiger partial charge in [0.15, 0.2) is 5.78 Å². The van der Waals surface area contributed by atoms with Crippen molar-refractivity contribution in [3.05, 3.63) is 53.1 Å². The number of rotatable bonds is 0. The highest BCUT2D eigenvalue weighted by Gasteiger charge is 2.33. The second-order valence-corrected chi connectivity index (χ2v) is 5.56. The van der Waals surface area contributed by atoms with Gasteiger partial charge in [0.2, 0.25) is 0 Å². The topological polar surface area (TPSA) is 77.8 Å². The lowest BCUT2D eigenvalue weighted by molar-refractivity contribution is 0.104. The molecule has 22 heavy (non-hydrogen) atoms. The Labute approximate surface area is 125 Å². The summed E-state index contributed by atoms with van der Waals surface area (Å²) in [6.07, 6.45) is 0. The van der Waals surface area contributed by atoms with Gasteiger partial charge in [0, 0.05) is 16.7 Å². The van der Waals surface area contributed by atoms with Crippen LogP contribution in [0.5, 0.6) is 17.2 Å². The monoisotopic (exact) mass is 292 g/mol. The van der Waals surface area contributed by atoms with Crippen molar-refractivity contribution in [1.82, 2.24) is 0 Å². The van der Waals surface area contributed by atoms with Crippen LogP contribution in [-0.4, -0.2) is 21.1 Å². The zero-order chi connectivity index (χ0) is 15.6. The van der Waals surface area contributed by atoms with Crippen LogP contribution >= 0.6 is 0 Å². The van der Waals surface area contributed by atoms with Gasteiger partial charge in [-0.25, -0.2) is 0 Å². The number of ketones is 1. The van der Waals surface area contributed by atoms with Gasteiger partial charge in [-0.2, -0.15) is 0 Å². The first-order valence-electron chi connectivity index (χ1n) is 6.85. The summed E-state index contributed by atoms with van der Waals surface area (Å²) in [5, 5.41) is 31.5. The Morgan fingerprint density at radius 3 is 2.41 bits per heavy atom. The predicted molar refractivity (Wildman–Crippen MR) is 82.5 cm³/mol. The van der Waals surface area contributed by atoms with E-state index in [1.807, 2.05) is 0 Å². The second kappa shape index (κ2) is 4.01. The van der Waals surface area contributed by atoms with Crippen LogP contribution in [0.15, 0.2) is 36.4 Å². The highest BCUT2D eigenvalue weighted by Crippen LogP contribution is 2.49. The molecule has 4 heteroatoms. The second-order valence-electron chi connectivity index (χ2n) is 5.56. The van der Waals surface area contributed by atoms with Gasteiger partial charge in [0.25, 0.3) is 0 Å². The fraction of sp³-hybridized carbons (Fsp3) is 0.0556. The Hall–Kier alpha value is -3.01. The molecule has 0 saturated carbocycles. The zero-order valence-electron chi connectivity index (χ0n) is 11.7. The summed E-state index contributed by atoms with van der Waals surface area (Å²) >= 11 is 0. The van der Waals surface area contributed by atoms with Crippen molar-refractivity contribution in [3.8, 4) is 28.4 Å². The maximum absolute atomic E-state index is 12.6. The van der Waals surface area contributed by atoms with Gasteiger partial charge in [0.05, 0.1) is 10.9 Å². The number of hydrogen-bond donors (Lipinski definition) is 3. The standard InChI is InChI=1S/C18H12O4/c1-8-5-11-15(13(20)6-8)10-7-9-3-2-4-12(19)14(9)18(22)16(10)17(11)21/h2-7,19-20,22H,1H3. The van der Waals surface area contributed by atoms with E-state index in [2.05, 4.69) is 0 Å². The fourth-order valence-corrected chi connectivity index (χ4v) is 3.21. The van der Waals surface area contributed by atoms with E-state index in [4.69, 9.17) is 0 Å². The van der Waals surface area contributed by atoms with E-state index in [-0.39, 0.29) is 34.0 Å². The van der Waals surface area contributed by atoms with Gasteiger partial charge >= 0.3 is 0 Å². The van der Waals surface area contributed by atoms with E-state index in [0.29, 0.717) is 22.1 Å². The minimum Gasteiger partial charge on any atom is -0.507 e. The number of phenolic OH excluding ortho intramolecular Hbond substituents is 3. The number of carbonyl (C=O) groups excluding carboxylic acids is 1. The molecule has 4 rings (SSSR count). The number of aryl methyl sites for hydroxylation is 1. The van der Waals surface area contributed by atoms with E-state index in [9.17, 15) is 20.1 Å². The SMILES string of the molecule is Cc1cc(O)c2c(c1)C(=O)c1c-2cc2cccc(O)c2c1O. The van der Waals surface area contributed by atoms with Crippen molar-refractivity contribution in [1.29, 1.82) is 0 Å². The Balaban J connectivity index is 2.19. The summed E-state index contributed by atoms with van der Waals surface area (Å²) < 4.78 is 0. The van der Waals surface area contributed by atoms with Crippen LogP contribution < -0.4 is 0 Å². The third-order valence-corrected chi connectivity index (χ3v) is 4.12. The molecule has 3 aromatic rings. The van der Waals surface area contributed by atoms with Crippen LogP contribution in [0.4, 0.5) is 0 Å². The number of carbonyl (C=O) groups is 1. The third kappa shape index (κ3) is 1.44. The highest BCUT2D eigenvalue weighted by molar-refractivity contribution is 6.26. The Morgan fingerprint density at radius 1 is 0.864 bits per heavy atom. The molecule has 0 fully saturated rings. The van der Waals surface area contributed by atoms with Gasteiger partial charge in [-0.15, -0.1) is 0 Å². The van der Waals surface area contributed by atoms with E-state index in [0.717, 1.165) is 5.56 Å². The quantitative estimate of drug-likeness (QED) is 0.463. The minimum absolute atomic E-state index is 0.0148. The van der Waals surface area contributed by atoms with Crippen LogP contribution in [0, 0.1) is 6.92 Å². The van der Waals surface area contributed by atoms with E-state index in [1.54, 1.807) is 37.3 Å². The Kier molecular flexibility index (Phi) is 2.32. The van der Waals surface area contributed by atoms with Crippen molar-refractivity contribution >= 4 is 16.6 Å². The summed E-state index contributed by atoms with van der Waals surface area (Å²) in [5.74, 6) is -0.654. The molecule has 0 radical (unpaired) electrons. The van der Waals surface area contributed by atoms with E-state index in [1.165, 1.54) is 6.07 Å². The molecule has 0 amide bonds. The number of fused-ring (bicyclic) bond motifs is 4. The van der Waals surface area contributed by atoms with Crippen molar-refractivity contribution < 1.29 is 20.1 Å². The highest BCUT2D eigenvalue weighted by atomic mass is 16.3.